The first-order valence-electron chi connectivity index (χ1n) is 9.69. The van der Waals surface area contributed by atoms with Crippen molar-refractivity contribution in [1.29, 1.82) is 0 Å². The second-order valence-electron chi connectivity index (χ2n) is 8.37. The van der Waals surface area contributed by atoms with Crippen LogP contribution in [0.1, 0.15) is 78.1 Å². The number of rotatable bonds is 7. The molecule has 0 aliphatic heterocycles. The molecule has 0 radical (unpaired) electrons. The first-order valence-corrected chi connectivity index (χ1v) is 10.1. The van der Waals surface area contributed by atoms with Crippen LogP contribution in [0.3, 0.4) is 0 Å². The van der Waals surface area contributed by atoms with E-state index < -0.39 is 0 Å². The smallest absolute Gasteiger partial charge is 0.166 e. The van der Waals surface area contributed by atoms with Gasteiger partial charge in [0.05, 0.1) is 0 Å². The Morgan fingerprint density at radius 1 is 1.05 bits per heavy atom. The minimum Gasteiger partial charge on any atom is -0.363 e. The summed E-state index contributed by atoms with van der Waals surface area (Å²) >= 11 is 5.59. The van der Waals surface area contributed by atoms with Crippen LogP contribution in [-0.4, -0.2) is 17.7 Å². The van der Waals surface area contributed by atoms with E-state index in [4.69, 9.17) is 12.2 Å². The highest BCUT2D eigenvalue weighted by Crippen LogP contribution is 2.61. The summed E-state index contributed by atoms with van der Waals surface area (Å²) in [5.74, 6) is 3.07. The zero-order valence-corrected chi connectivity index (χ0v) is 15.3. The standard InChI is InChI=1S/C19H34N2S/c1-3-5-7-20-18(22)21-17(6-4-2)19-11-14-8-15(12-19)10-16(9-14)13-19/h14-17H,3-13H2,1-2H3,(H2,20,21,22). The normalized spacial score (nSPS) is 37.1. The second-order valence-corrected chi connectivity index (χ2v) is 8.78. The van der Waals surface area contributed by atoms with Crippen molar-refractivity contribution in [2.24, 2.45) is 23.2 Å². The Kier molecular flexibility index (Phi) is 5.31. The van der Waals surface area contributed by atoms with Crippen molar-refractivity contribution in [3.05, 3.63) is 0 Å². The fourth-order valence-electron chi connectivity index (χ4n) is 6.01. The van der Waals surface area contributed by atoms with E-state index in [0.29, 0.717) is 11.5 Å². The molecule has 4 saturated carbocycles. The monoisotopic (exact) mass is 322 g/mol. The van der Waals surface area contributed by atoms with Gasteiger partial charge in [-0.1, -0.05) is 26.7 Å². The summed E-state index contributed by atoms with van der Waals surface area (Å²) in [6.07, 6.45) is 13.9. The van der Waals surface area contributed by atoms with Crippen LogP contribution < -0.4 is 10.6 Å². The van der Waals surface area contributed by atoms with Crippen molar-refractivity contribution in [2.45, 2.75) is 84.1 Å². The molecule has 0 heterocycles. The van der Waals surface area contributed by atoms with E-state index >= 15 is 0 Å². The molecule has 0 saturated heterocycles. The quantitative estimate of drug-likeness (QED) is 0.527. The number of thiocarbonyl (C=S) groups is 1. The molecule has 4 rings (SSSR count). The lowest BCUT2D eigenvalue weighted by molar-refractivity contribution is -0.0720. The minimum absolute atomic E-state index is 0.557. The van der Waals surface area contributed by atoms with Crippen LogP contribution in [0.25, 0.3) is 0 Å². The van der Waals surface area contributed by atoms with E-state index in [1.807, 2.05) is 0 Å². The van der Waals surface area contributed by atoms with Crippen LogP contribution in [0.2, 0.25) is 0 Å². The molecule has 4 aliphatic carbocycles. The van der Waals surface area contributed by atoms with E-state index in [9.17, 15) is 0 Å². The van der Waals surface area contributed by atoms with E-state index in [2.05, 4.69) is 24.5 Å². The van der Waals surface area contributed by atoms with Gasteiger partial charge in [-0.15, -0.1) is 0 Å². The summed E-state index contributed by atoms with van der Waals surface area (Å²) in [6.45, 7) is 5.57. The predicted octanol–water partition coefficient (Wildman–Crippen LogP) is 4.64. The lowest BCUT2D eigenvalue weighted by atomic mass is 9.47. The highest BCUT2D eigenvalue weighted by molar-refractivity contribution is 7.80. The number of hydrogen-bond acceptors (Lipinski definition) is 1. The van der Waals surface area contributed by atoms with Crippen LogP contribution in [0.5, 0.6) is 0 Å². The van der Waals surface area contributed by atoms with Gasteiger partial charge in [0.1, 0.15) is 0 Å². The molecule has 4 aliphatic rings. The van der Waals surface area contributed by atoms with Crippen molar-refractivity contribution in [3.63, 3.8) is 0 Å². The zero-order chi connectivity index (χ0) is 15.6. The van der Waals surface area contributed by atoms with Gasteiger partial charge in [0, 0.05) is 12.6 Å². The van der Waals surface area contributed by atoms with Crippen LogP contribution in [0, 0.1) is 23.2 Å². The van der Waals surface area contributed by atoms with Gasteiger partial charge < -0.3 is 10.6 Å². The van der Waals surface area contributed by atoms with Gasteiger partial charge in [-0.05, 0) is 86.8 Å². The molecule has 4 bridgehead atoms. The summed E-state index contributed by atoms with van der Waals surface area (Å²) < 4.78 is 0. The summed E-state index contributed by atoms with van der Waals surface area (Å²) in [4.78, 5) is 0. The molecule has 22 heavy (non-hydrogen) atoms. The maximum absolute atomic E-state index is 5.59. The molecular formula is C19H34N2S. The van der Waals surface area contributed by atoms with Crippen LogP contribution >= 0.6 is 12.2 Å². The zero-order valence-electron chi connectivity index (χ0n) is 14.5. The number of nitrogens with one attached hydrogen (secondary N) is 2. The first-order chi connectivity index (χ1) is 10.6. The summed E-state index contributed by atoms with van der Waals surface area (Å²) in [6, 6.07) is 0.604. The molecule has 3 heteroatoms. The Bertz CT molecular complexity index is 358. The van der Waals surface area contributed by atoms with Crippen molar-refractivity contribution >= 4 is 17.3 Å². The van der Waals surface area contributed by atoms with E-state index in [0.717, 1.165) is 29.4 Å². The van der Waals surface area contributed by atoms with Gasteiger partial charge in [-0.25, -0.2) is 0 Å². The average Bonchev–Trinajstić information content (AvgIpc) is 2.45. The lowest BCUT2D eigenvalue weighted by Crippen LogP contribution is -2.58. The summed E-state index contributed by atoms with van der Waals surface area (Å²) in [5, 5.41) is 8.08. The summed E-state index contributed by atoms with van der Waals surface area (Å²) in [5.41, 5.74) is 0.557. The Balaban J connectivity index is 1.64. The van der Waals surface area contributed by atoms with Crippen LogP contribution in [0.4, 0.5) is 0 Å². The number of unbranched alkanes of at least 4 members (excludes halogenated alkanes) is 1. The average molecular weight is 323 g/mol. The third-order valence-electron chi connectivity index (χ3n) is 6.52. The van der Waals surface area contributed by atoms with Crippen molar-refractivity contribution < 1.29 is 0 Å². The van der Waals surface area contributed by atoms with E-state index in [1.54, 1.807) is 0 Å². The van der Waals surface area contributed by atoms with Crippen molar-refractivity contribution in [1.82, 2.24) is 10.6 Å². The molecule has 2 nitrogen and oxygen atoms in total. The Hall–Kier alpha value is -0.310. The highest BCUT2D eigenvalue weighted by atomic mass is 32.1. The summed E-state index contributed by atoms with van der Waals surface area (Å²) in [7, 11) is 0. The number of hydrogen-bond donors (Lipinski definition) is 2. The fourth-order valence-corrected chi connectivity index (χ4v) is 6.26. The highest BCUT2D eigenvalue weighted by Gasteiger charge is 2.53. The molecule has 1 atom stereocenters. The van der Waals surface area contributed by atoms with Crippen molar-refractivity contribution in [3.8, 4) is 0 Å². The molecule has 0 aromatic rings. The van der Waals surface area contributed by atoms with Gasteiger partial charge in [-0.3, -0.25) is 0 Å². The van der Waals surface area contributed by atoms with E-state index in [-0.39, 0.29) is 0 Å². The maximum Gasteiger partial charge on any atom is 0.166 e. The van der Waals surface area contributed by atoms with Crippen LogP contribution in [-0.2, 0) is 0 Å². The minimum atomic E-state index is 0.557. The van der Waals surface area contributed by atoms with E-state index in [1.165, 1.54) is 64.2 Å². The topological polar surface area (TPSA) is 24.1 Å². The predicted molar refractivity (Wildman–Crippen MR) is 97.9 cm³/mol. The molecule has 2 N–H and O–H groups in total. The molecule has 0 aromatic heterocycles. The maximum atomic E-state index is 5.59. The molecule has 4 fully saturated rings. The SMILES string of the molecule is CCCCNC(=S)NC(CCC)C12CC3CC(CC(C3)C1)C2. The van der Waals surface area contributed by atoms with Gasteiger partial charge >= 0.3 is 0 Å². The Morgan fingerprint density at radius 2 is 1.64 bits per heavy atom. The third kappa shape index (κ3) is 3.44. The molecule has 0 aromatic carbocycles. The fraction of sp³-hybridized carbons (Fsp3) is 0.947. The molecule has 0 amide bonds. The van der Waals surface area contributed by atoms with Gasteiger partial charge in [0.15, 0.2) is 5.11 Å². The molecular weight excluding hydrogens is 288 g/mol. The third-order valence-corrected chi connectivity index (χ3v) is 6.79. The van der Waals surface area contributed by atoms with Gasteiger partial charge in [-0.2, -0.15) is 0 Å². The molecule has 1 unspecified atom stereocenters. The molecule has 126 valence electrons. The second kappa shape index (κ2) is 7.07. The van der Waals surface area contributed by atoms with Crippen molar-refractivity contribution in [2.75, 3.05) is 6.54 Å². The molecule has 0 spiro atoms. The van der Waals surface area contributed by atoms with Crippen LogP contribution in [0.15, 0.2) is 0 Å². The Labute approximate surface area is 142 Å². The van der Waals surface area contributed by atoms with Gasteiger partial charge in [0.2, 0.25) is 0 Å². The largest absolute Gasteiger partial charge is 0.363 e. The first kappa shape index (κ1) is 16.5. The van der Waals surface area contributed by atoms with Gasteiger partial charge in [0.25, 0.3) is 0 Å². The Morgan fingerprint density at radius 3 is 2.14 bits per heavy atom. The lowest BCUT2D eigenvalue weighted by Gasteiger charge is -2.59.